The first-order chi connectivity index (χ1) is 13.7. The van der Waals surface area contributed by atoms with E-state index in [0.29, 0.717) is 18.7 Å². The van der Waals surface area contributed by atoms with E-state index >= 15 is 0 Å². The molecule has 2 heterocycles. The maximum atomic E-state index is 10.3. The summed E-state index contributed by atoms with van der Waals surface area (Å²) in [4.78, 5) is 9.89. The minimum Gasteiger partial charge on any atom is -0.504 e. The number of guanidine groups is 1. The number of ether oxygens (including phenoxy) is 1. The Morgan fingerprint density at radius 2 is 2.03 bits per heavy atom. The summed E-state index contributed by atoms with van der Waals surface area (Å²) in [6.07, 6.45) is 6.06. The number of benzene rings is 1. The third-order valence-electron chi connectivity index (χ3n) is 5.83. The van der Waals surface area contributed by atoms with Gasteiger partial charge in [0.05, 0.1) is 7.11 Å². The molecule has 1 unspecified atom stereocenters. The number of rotatable bonds is 7. The van der Waals surface area contributed by atoms with Gasteiger partial charge in [0.1, 0.15) is 0 Å². The van der Waals surface area contributed by atoms with E-state index < -0.39 is 0 Å². The van der Waals surface area contributed by atoms with Gasteiger partial charge in [0.25, 0.3) is 0 Å². The van der Waals surface area contributed by atoms with Crippen molar-refractivity contribution in [2.45, 2.75) is 39.0 Å². The lowest BCUT2D eigenvalue weighted by Gasteiger charge is -2.29. The zero-order chi connectivity index (χ0) is 19.8. The van der Waals surface area contributed by atoms with Crippen LogP contribution in [0.4, 0.5) is 0 Å². The molecule has 2 aliphatic heterocycles. The topological polar surface area (TPSA) is 60.3 Å². The summed E-state index contributed by atoms with van der Waals surface area (Å²) in [5.74, 6) is 2.50. The maximum absolute atomic E-state index is 10.3. The minimum atomic E-state index is 0. The van der Waals surface area contributed by atoms with E-state index in [1.165, 1.54) is 45.3 Å². The van der Waals surface area contributed by atoms with E-state index in [4.69, 9.17) is 9.73 Å². The van der Waals surface area contributed by atoms with Crippen molar-refractivity contribution in [1.82, 2.24) is 15.1 Å². The fraction of sp³-hybridized carbons (Fsp3) is 0.682. The fourth-order valence-electron chi connectivity index (χ4n) is 4.32. The number of halogens is 1. The Balaban J connectivity index is 0.00000300. The van der Waals surface area contributed by atoms with Crippen LogP contribution >= 0.6 is 24.0 Å². The number of likely N-dealkylation sites (tertiary alicyclic amines) is 2. The van der Waals surface area contributed by atoms with E-state index in [2.05, 4.69) is 22.0 Å². The summed E-state index contributed by atoms with van der Waals surface area (Å²) in [5.41, 5.74) is 0.878. The number of piperidine rings is 1. The predicted octanol–water partition coefficient (Wildman–Crippen LogP) is 3.33. The molecule has 1 aromatic carbocycles. The highest BCUT2D eigenvalue weighted by molar-refractivity contribution is 14.0. The molecule has 1 aromatic rings. The Bertz CT molecular complexity index is 650. The van der Waals surface area contributed by atoms with Gasteiger partial charge in [0, 0.05) is 32.7 Å². The van der Waals surface area contributed by atoms with Gasteiger partial charge in [-0.05, 0) is 63.2 Å². The monoisotopic (exact) mass is 516 g/mol. The molecule has 0 spiro atoms. The summed E-state index contributed by atoms with van der Waals surface area (Å²) in [6, 6.07) is 5.62. The highest BCUT2D eigenvalue weighted by atomic mass is 127. The molecule has 1 atom stereocenters. The molecule has 2 aliphatic rings. The Kier molecular flexibility index (Phi) is 10.3. The number of nitrogens with zero attached hydrogens (tertiary/aromatic N) is 3. The minimum absolute atomic E-state index is 0. The lowest BCUT2D eigenvalue weighted by molar-refractivity contribution is 0.198. The molecule has 0 amide bonds. The summed E-state index contributed by atoms with van der Waals surface area (Å²) < 4.78 is 5.20. The molecule has 0 saturated carbocycles. The Morgan fingerprint density at radius 1 is 1.24 bits per heavy atom. The molecule has 29 heavy (non-hydrogen) atoms. The number of para-hydroxylation sites is 1. The Morgan fingerprint density at radius 3 is 2.76 bits per heavy atom. The van der Waals surface area contributed by atoms with Gasteiger partial charge in [-0.25, -0.2) is 0 Å². The van der Waals surface area contributed by atoms with E-state index in [0.717, 1.165) is 37.1 Å². The van der Waals surface area contributed by atoms with E-state index in [1.807, 2.05) is 12.1 Å². The molecule has 0 aromatic heterocycles. The highest BCUT2D eigenvalue weighted by Crippen LogP contribution is 2.29. The molecule has 164 valence electrons. The zero-order valence-electron chi connectivity index (χ0n) is 17.9. The van der Waals surface area contributed by atoms with Crippen LogP contribution in [-0.4, -0.2) is 73.8 Å². The standard InChI is InChI=1S/C22H36N4O2.HI/c1-3-23-22(24-12-10-19-8-7-9-20(28-2)21(19)27)26-15-11-18(17-26)16-25-13-5-4-6-14-25;/h7-9,18,27H,3-6,10-17H2,1-2H3,(H,23,24);1H. The van der Waals surface area contributed by atoms with Crippen LogP contribution in [0, 0.1) is 5.92 Å². The third-order valence-corrected chi connectivity index (χ3v) is 5.83. The largest absolute Gasteiger partial charge is 0.504 e. The molecule has 0 aliphatic carbocycles. The average molecular weight is 516 g/mol. The molecule has 0 bridgehead atoms. The highest BCUT2D eigenvalue weighted by Gasteiger charge is 2.26. The van der Waals surface area contributed by atoms with Gasteiger partial charge in [0.2, 0.25) is 0 Å². The molecular weight excluding hydrogens is 479 g/mol. The first-order valence-corrected chi connectivity index (χ1v) is 10.8. The number of methoxy groups -OCH3 is 1. The normalized spacial score (nSPS) is 20.4. The maximum Gasteiger partial charge on any atom is 0.193 e. The van der Waals surface area contributed by atoms with Crippen LogP contribution in [-0.2, 0) is 6.42 Å². The number of phenolic OH excluding ortho intramolecular Hbond substituents is 1. The van der Waals surface area contributed by atoms with Crippen LogP contribution < -0.4 is 10.1 Å². The second-order valence-corrected chi connectivity index (χ2v) is 7.92. The summed E-state index contributed by atoms with van der Waals surface area (Å²) in [5, 5.41) is 13.7. The van der Waals surface area contributed by atoms with Gasteiger partial charge < -0.3 is 25.0 Å². The van der Waals surface area contributed by atoms with Crippen molar-refractivity contribution in [3.05, 3.63) is 23.8 Å². The van der Waals surface area contributed by atoms with Gasteiger partial charge >= 0.3 is 0 Å². The van der Waals surface area contributed by atoms with Gasteiger partial charge in [0.15, 0.2) is 17.5 Å². The number of hydrogen-bond acceptors (Lipinski definition) is 4. The van der Waals surface area contributed by atoms with Crippen LogP contribution in [0.15, 0.2) is 23.2 Å². The number of phenols is 1. The van der Waals surface area contributed by atoms with Crippen molar-refractivity contribution in [2.75, 3.05) is 52.9 Å². The summed E-state index contributed by atoms with van der Waals surface area (Å²) in [7, 11) is 1.58. The van der Waals surface area contributed by atoms with Crippen LogP contribution in [0.1, 0.15) is 38.2 Å². The van der Waals surface area contributed by atoms with Gasteiger partial charge in [-0.1, -0.05) is 18.6 Å². The summed E-state index contributed by atoms with van der Waals surface area (Å²) in [6.45, 7) is 9.58. The predicted molar refractivity (Wildman–Crippen MR) is 130 cm³/mol. The van der Waals surface area contributed by atoms with Crippen LogP contribution in [0.3, 0.4) is 0 Å². The fourth-order valence-corrected chi connectivity index (χ4v) is 4.32. The van der Waals surface area contributed by atoms with Crippen molar-refractivity contribution in [2.24, 2.45) is 10.9 Å². The number of aromatic hydroxyl groups is 1. The molecule has 7 heteroatoms. The number of aliphatic imine (C=N–C) groups is 1. The average Bonchev–Trinajstić information content (AvgIpc) is 3.17. The van der Waals surface area contributed by atoms with Crippen LogP contribution in [0.25, 0.3) is 0 Å². The molecule has 2 fully saturated rings. The Labute approximate surface area is 192 Å². The van der Waals surface area contributed by atoms with E-state index in [1.54, 1.807) is 13.2 Å². The van der Waals surface area contributed by atoms with Crippen molar-refractivity contribution in [1.29, 1.82) is 0 Å². The van der Waals surface area contributed by atoms with Crippen molar-refractivity contribution in [3.63, 3.8) is 0 Å². The first-order valence-electron chi connectivity index (χ1n) is 10.8. The van der Waals surface area contributed by atoms with Crippen molar-refractivity contribution < 1.29 is 9.84 Å². The van der Waals surface area contributed by atoms with Gasteiger partial charge in [-0.2, -0.15) is 0 Å². The number of nitrogens with one attached hydrogen (secondary N) is 1. The second kappa shape index (κ2) is 12.5. The van der Waals surface area contributed by atoms with Gasteiger partial charge in [-0.3, -0.25) is 4.99 Å². The van der Waals surface area contributed by atoms with Crippen LogP contribution in [0.5, 0.6) is 11.5 Å². The summed E-state index contributed by atoms with van der Waals surface area (Å²) >= 11 is 0. The molecular formula is C22H37IN4O2. The van der Waals surface area contributed by atoms with Crippen LogP contribution in [0.2, 0.25) is 0 Å². The molecule has 2 N–H and O–H groups in total. The smallest absolute Gasteiger partial charge is 0.193 e. The zero-order valence-corrected chi connectivity index (χ0v) is 20.2. The Hall–Kier alpha value is -1.22. The molecule has 6 nitrogen and oxygen atoms in total. The van der Waals surface area contributed by atoms with Gasteiger partial charge in [-0.15, -0.1) is 24.0 Å². The lowest BCUT2D eigenvalue weighted by atomic mass is 10.1. The molecule has 2 saturated heterocycles. The van der Waals surface area contributed by atoms with Crippen molar-refractivity contribution >= 4 is 29.9 Å². The van der Waals surface area contributed by atoms with E-state index in [-0.39, 0.29) is 29.7 Å². The lowest BCUT2D eigenvalue weighted by Crippen LogP contribution is -2.41. The quantitative estimate of drug-likeness (QED) is 0.331. The second-order valence-electron chi connectivity index (χ2n) is 7.92. The van der Waals surface area contributed by atoms with E-state index in [9.17, 15) is 5.11 Å². The molecule has 0 radical (unpaired) electrons. The first kappa shape index (κ1) is 24.1. The molecule has 3 rings (SSSR count). The third kappa shape index (κ3) is 6.91. The van der Waals surface area contributed by atoms with Crippen molar-refractivity contribution in [3.8, 4) is 11.5 Å². The number of hydrogen-bond donors (Lipinski definition) is 2. The SMILES string of the molecule is CCNC(=NCCc1cccc(OC)c1O)N1CCC(CN2CCCCC2)C1.I.